The molecule has 0 aromatic carbocycles. The third kappa shape index (κ3) is 6.77. The summed E-state index contributed by atoms with van der Waals surface area (Å²) in [6.45, 7) is 0.472. The van der Waals surface area contributed by atoms with E-state index < -0.39 is 21.1 Å². The second-order valence-corrected chi connectivity index (χ2v) is 7.48. The molecule has 0 spiro atoms. The summed E-state index contributed by atoms with van der Waals surface area (Å²) in [4.78, 5) is 14.9. The van der Waals surface area contributed by atoms with Gasteiger partial charge in [0.15, 0.2) is 5.25 Å². The van der Waals surface area contributed by atoms with Crippen molar-refractivity contribution in [3.8, 4) is 0 Å². The number of nitrogens with one attached hydrogen (secondary N) is 1. The third-order valence-electron chi connectivity index (χ3n) is 2.81. The number of hydroxylamine groups is 1. The van der Waals surface area contributed by atoms with E-state index in [1.54, 1.807) is 0 Å². The van der Waals surface area contributed by atoms with Crippen LogP contribution in [0.15, 0.2) is 15.9 Å². The number of sulfone groups is 1. The van der Waals surface area contributed by atoms with Crippen molar-refractivity contribution in [3.05, 3.63) is 11.6 Å². The molecule has 0 radical (unpaired) electrons. The highest BCUT2D eigenvalue weighted by molar-refractivity contribution is 7.94. The predicted molar refractivity (Wildman–Crippen MR) is 79.6 cm³/mol. The van der Waals surface area contributed by atoms with E-state index in [9.17, 15) is 13.2 Å². The zero-order valence-electron chi connectivity index (χ0n) is 11.9. The minimum Gasteiger partial charge on any atom is -0.480 e. The molecule has 1 heterocycles. The Labute approximate surface area is 132 Å². The van der Waals surface area contributed by atoms with Crippen LogP contribution in [0.2, 0.25) is 0 Å². The first-order valence-corrected chi connectivity index (χ1v) is 8.91. The highest BCUT2D eigenvalue weighted by atomic mass is 32.2. The summed E-state index contributed by atoms with van der Waals surface area (Å²) in [6, 6.07) is 0. The molecule has 1 unspecified atom stereocenters. The highest BCUT2D eigenvalue weighted by Crippen LogP contribution is 2.22. The summed E-state index contributed by atoms with van der Waals surface area (Å²) in [5.41, 5.74) is 2.03. The lowest BCUT2D eigenvalue weighted by Crippen LogP contribution is -2.30. The highest BCUT2D eigenvalue weighted by Gasteiger charge is 2.35. The van der Waals surface area contributed by atoms with Crippen LogP contribution in [0.25, 0.3) is 0 Å². The van der Waals surface area contributed by atoms with Crippen LogP contribution < -0.4 is 11.4 Å². The van der Waals surface area contributed by atoms with Crippen LogP contribution in [0.3, 0.4) is 0 Å². The molecule has 1 atom stereocenters. The summed E-state index contributed by atoms with van der Waals surface area (Å²) >= 11 is 0.927. The van der Waals surface area contributed by atoms with Crippen LogP contribution in [0.1, 0.15) is 32.1 Å². The molecule has 22 heavy (non-hydrogen) atoms. The van der Waals surface area contributed by atoms with E-state index >= 15 is 0 Å². The molecule has 1 aromatic heterocycles. The Balaban J connectivity index is 0.00000211. The largest absolute Gasteiger partial charge is 0.480 e. The van der Waals surface area contributed by atoms with E-state index in [0.717, 1.165) is 30.6 Å². The number of carbonyl (C=O) groups is 1. The predicted octanol–water partition coefficient (Wildman–Crippen LogP) is 0.634. The van der Waals surface area contributed by atoms with Gasteiger partial charge in [-0.2, -0.15) is 0 Å². The topological polar surface area (TPSA) is 163 Å². The number of nitrogens with zero attached hydrogens (tertiary/aromatic N) is 1. The van der Waals surface area contributed by atoms with Gasteiger partial charge in [-0.15, -0.1) is 11.3 Å². The molecule has 6 N–H and O–H groups in total. The molecule has 1 rings (SSSR count). The van der Waals surface area contributed by atoms with Crippen molar-refractivity contribution in [1.29, 1.82) is 0 Å². The number of aromatic nitrogens is 1. The lowest BCUT2D eigenvalue weighted by molar-refractivity contribution is -0.136. The first-order chi connectivity index (χ1) is 10.5. The standard InChI is InChI=1S/C11H18N2O5S2.H3NO/c14-10(15)9(5-3-1-2-4-6-13-16)20(17,18)11-12-7-8-19-11;1-2/h7-9,13,16H,1-6H2,(H,14,15);2H,1H2. The Bertz CT molecular complexity index is 506. The van der Waals surface area contributed by atoms with Gasteiger partial charge in [-0.25, -0.2) is 24.8 Å². The normalized spacial score (nSPS) is 12.3. The van der Waals surface area contributed by atoms with Gasteiger partial charge in [0.2, 0.25) is 14.2 Å². The zero-order valence-corrected chi connectivity index (χ0v) is 13.5. The number of carboxylic acids is 1. The smallest absolute Gasteiger partial charge is 0.322 e. The third-order valence-corrected chi connectivity index (χ3v) is 6.14. The van der Waals surface area contributed by atoms with E-state index in [1.165, 1.54) is 11.6 Å². The van der Waals surface area contributed by atoms with E-state index in [2.05, 4.69) is 10.9 Å². The van der Waals surface area contributed by atoms with Crippen LogP contribution in [-0.2, 0) is 14.6 Å². The summed E-state index contributed by atoms with van der Waals surface area (Å²) < 4.78 is 24.1. The van der Waals surface area contributed by atoms with Gasteiger partial charge in [0.1, 0.15) is 0 Å². The van der Waals surface area contributed by atoms with Crippen molar-refractivity contribution in [3.63, 3.8) is 0 Å². The van der Waals surface area contributed by atoms with Gasteiger partial charge in [0.05, 0.1) is 0 Å². The Morgan fingerprint density at radius 3 is 2.45 bits per heavy atom. The monoisotopic (exact) mass is 355 g/mol. The number of thiazole rings is 1. The number of hydrogen-bond acceptors (Lipinski definition) is 9. The summed E-state index contributed by atoms with van der Waals surface area (Å²) in [5, 5.41) is 24.1. The molecule has 0 aliphatic heterocycles. The SMILES string of the molecule is NO.O=C(O)C(CCCCCCNO)S(=O)(=O)c1nccs1. The lowest BCUT2D eigenvalue weighted by Gasteiger charge is -2.11. The molecule has 0 aliphatic carbocycles. The van der Waals surface area contributed by atoms with Gasteiger partial charge >= 0.3 is 5.97 Å². The fraction of sp³-hybridized carbons (Fsp3) is 0.636. The fourth-order valence-electron chi connectivity index (χ4n) is 1.77. The molecular formula is C11H21N3O6S2. The number of unbranched alkanes of at least 4 members (excludes halogenated alkanes) is 3. The Morgan fingerprint density at radius 1 is 1.32 bits per heavy atom. The summed E-state index contributed by atoms with van der Waals surface area (Å²) in [6.07, 6.45) is 4.21. The minimum absolute atomic E-state index is 0.0732. The molecule has 0 amide bonds. The van der Waals surface area contributed by atoms with E-state index in [1.807, 2.05) is 5.48 Å². The molecule has 0 aliphatic rings. The Kier molecular flexibility index (Phi) is 10.9. The number of hydrogen-bond donors (Lipinski definition) is 5. The van der Waals surface area contributed by atoms with Crippen LogP contribution >= 0.6 is 11.3 Å². The van der Waals surface area contributed by atoms with Crippen molar-refractivity contribution in [2.45, 2.75) is 41.7 Å². The van der Waals surface area contributed by atoms with Gasteiger partial charge < -0.3 is 15.5 Å². The number of carboxylic acid groups (broad SMARTS) is 1. The van der Waals surface area contributed by atoms with Crippen molar-refractivity contribution in [2.75, 3.05) is 6.54 Å². The molecule has 0 fully saturated rings. The number of rotatable bonds is 10. The molecule has 128 valence electrons. The van der Waals surface area contributed by atoms with Gasteiger partial charge in [-0.1, -0.05) is 19.3 Å². The summed E-state index contributed by atoms with van der Waals surface area (Å²) in [5.74, 6) is 2.16. The molecule has 0 saturated carbocycles. The van der Waals surface area contributed by atoms with Gasteiger partial charge in [-0.05, 0) is 12.8 Å². The maximum absolute atomic E-state index is 12.1. The average Bonchev–Trinajstić information content (AvgIpc) is 3.03. The molecule has 0 saturated heterocycles. The Morgan fingerprint density at radius 2 is 1.95 bits per heavy atom. The van der Waals surface area contributed by atoms with E-state index in [0.29, 0.717) is 13.0 Å². The quantitative estimate of drug-likeness (QED) is 0.299. The maximum Gasteiger partial charge on any atom is 0.322 e. The zero-order chi connectivity index (χ0) is 17.0. The van der Waals surface area contributed by atoms with Crippen LogP contribution in [0.5, 0.6) is 0 Å². The lowest BCUT2D eigenvalue weighted by atomic mass is 10.1. The molecule has 0 bridgehead atoms. The first-order valence-electron chi connectivity index (χ1n) is 6.49. The van der Waals surface area contributed by atoms with Crippen LogP contribution in [0, 0.1) is 0 Å². The van der Waals surface area contributed by atoms with Gasteiger partial charge in [0, 0.05) is 18.1 Å². The summed E-state index contributed by atoms with van der Waals surface area (Å²) in [7, 11) is -3.90. The van der Waals surface area contributed by atoms with E-state index in [-0.39, 0.29) is 10.8 Å². The second kappa shape index (κ2) is 11.5. The number of aliphatic carboxylic acids is 1. The van der Waals surface area contributed by atoms with Crippen molar-refractivity contribution >= 4 is 27.1 Å². The van der Waals surface area contributed by atoms with Gasteiger partial charge in [0.25, 0.3) is 0 Å². The Hall–Kier alpha value is -1.11. The fourth-order valence-corrected chi connectivity index (χ4v) is 4.38. The minimum atomic E-state index is -3.90. The van der Waals surface area contributed by atoms with E-state index in [4.69, 9.17) is 15.5 Å². The van der Waals surface area contributed by atoms with Crippen LogP contribution in [-0.4, -0.2) is 46.7 Å². The average molecular weight is 355 g/mol. The maximum atomic E-state index is 12.1. The molecule has 11 heteroatoms. The molecular weight excluding hydrogens is 334 g/mol. The van der Waals surface area contributed by atoms with Gasteiger partial charge in [-0.3, -0.25) is 4.79 Å². The number of nitrogens with two attached hydrogens (primary N) is 1. The van der Waals surface area contributed by atoms with Crippen molar-refractivity contribution in [1.82, 2.24) is 10.5 Å². The second-order valence-electron chi connectivity index (χ2n) is 4.28. The molecule has 1 aromatic rings. The molecule has 9 nitrogen and oxygen atoms in total. The van der Waals surface area contributed by atoms with Crippen LogP contribution in [0.4, 0.5) is 0 Å². The van der Waals surface area contributed by atoms with Crippen molar-refractivity contribution < 1.29 is 28.7 Å². The first kappa shape index (κ1) is 20.9. The van der Waals surface area contributed by atoms with Crippen molar-refractivity contribution in [2.24, 2.45) is 5.90 Å².